The number of methoxy groups -OCH3 is 1. The van der Waals surface area contributed by atoms with E-state index in [1.165, 1.54) is 0 Å². The van der Waals surface area contributed by atoms with Crippen LogP contribution in [-0.4, -0.2) is 19.6 Å². The summed E-state index contributed by atoms with van der Waals surface area (Å²) in [5, 5.41) is 3.90. The van der Waals surface area contributed by atoms with Crippen LogP contribution in [0.2, 0.25) is 0 Å². The molecule has 0 saturated carbocycles. The van der Waals surface area contributed by atoms with Crippen LogP contribution in [0.1, 0.15) is 11.1 Å². The van der Waals surface area contributed by atoms with Crippen LogP contribution in [0.25, 0.3) is 6.08 Å². The van der Waals surface area contributed by atoms with E-state index in [0.717, 1.165) is 5.56 Å². The maximum absolute atomic E-state index is 5.89. The summed E-state index contributed by atoms with van der Waals surface area (Å²) in [6.07, 6.45) is 3.85. The number of ether oxygens (including phenoxy) is 1. The highest BCUT2D eigenvalue weighted by atomic mass is 16.6. The molecule has 4 heteroatoms. The van der Waals surface area contributed by atoms with Gasteiger partial charge in [-0.2, -0.15) is 0 Å². The molecule has 0 radical (unpaired) electrons. The Morgan fingerprint density at radius 2 is 1.81 bits per heavy atom. The van der Waals surface area contributed by atoms with Gasteiger partial charge in [-0.15, -0.1) is 0 Å². The molecule has 0 unspecified atom stereocenters. The first-order valence-electron chi connectivity index (χ1n) is 6.61. The van der Waals surface area contributed by atoms with Crippen molar-refractivity contribution >= 4 is 11.9 Å². The molecule has 0 aliphatic heterocycles. The van der Waals surface area contributed by atoms with Crippen molar-refractivity contribution in [2.24, 2.45) is 10.9 Å². The molecule has 0 aromatic heterocycles. The van der Waals surface area contributed by atoms with E-state index in [2.05, 4.69) is 5.16 Å². The molecule has 0 spiro atoms. The first-order valence-corrected chi connectivity index (χ1v) is 6.61. The van der Waals surface area contributed by atoms with Crippen molar-refractivity contribution in [1.29, 1.82) is 0 Å². The fraction of sp³-hybridized carbons (Fsp3) is 0.118. The number of rotatable bonds is 6. The highest BCUT2D eigenvalue weighted by Crippen LogP contribution is 2.16. The minimum atomic E-state index is 0.292. The molecule has 21 heavy (non-hydrogen) atoms. The normalized spacial score (nSPS) is 11.6. The number of hydrogen-bond acceptors (Lipinski definition) is 3. The van der Waals surface area contributed by atoms with Gasteiger partial charge < -0.3 is 15.3 Å². The Bertz CT molecular complexity index is 622. The molecule has 0 aliphatic rings. The third-order valence-corrected chi connectivity index (χ3v) is 2.83. The summed E-state index contributed by atoms with van der Waals surface area (Å²) in [5.41, 5.74) is 7.71. The minimum absolute atomic E-state index is 0.292. The largest absolute Gasteiger partial charge is 0.496 e. The van der Waals surface area contributed by atoms with Gasteiger partial charge in [0.2, 0.25) is 0 Å². The molecule has 2 aromatic rings. The van der Waals surface area contributed by atoms with Crippen molar-refractivity contribution in [1.82, 2.24) is 0 Å². The SMILES string of the molecule is COc1ccccc1/C(N)=N/OC/C=C/c1ccccc1. The van der Waals surface area contributed by atoms with Crippen molar-refractivity contribution in [3.8, 4) is 5.75 Å². The number of benzene rings is 2. The second-order valence-electron chi connectivity index (χ2n) is 4.29. The summed E-state index contributed by atoms with van der Waals surface area (Å²) in [7, 11) is 1.59. The van der Waals surface area contributed by atoms with Crippen LogP contribution in [0.15, 0.2) is 65.8 Å². The molecule has 2 rings (SSSR count). The van der Waals surface area contributed by atoms with Gasteiger partial charge in [0.25, 0.3) is 0 Å². The third-order valence-electron chi connectivity index (χ3n) is 2.83. The molecule has 4 nitrogen and oxygen atoms in total. The number of oxime groups is 1. The van der Waals surface area contributed by atoms with Crippen LogP contribution in [0.5, 0.6) is 5.75 Å². The number of nitrogens with zero attached hydrogens (tertiary/aromatic N) is 1. The Balaban J connectivity index is 1.91. The average Bonchev–Trinajstić information content (AvgIpc) is 2.55. The highest BCUT2D eigenvalue weighted by Gasteiger charge is 2.05. The van der Waals surface area contributed by atoms with Crippen LogP contribution >= 0.6 is 0 Å². The molecule has 2 N–H and O–H groups in total. The minimum Gasteiger partial charge on any atom is -0.496 e. The molecule has 0 heterocycles. The van der Waals surface area contributed by atoms with Gasteiger partial charge in [0.1, 0.15) is 12.4 Å². The van der Waals surface area contributed by atoms with Gasteiger partial charge in [0.15, 0.2) is 5.84 Å². The molecular formula is C17H18N2O2. The van der Waals surface area contributed by atoms with E-state index in [0.29, 0.717) is 23.8 Å². The predicted molar refractivity (Wildman–Crippen MR) is 85.1 cm³/mol. The Labute approximate surface area is 124 Å². The summed E-state index contributed by atoms with van der Waals surface area (Å²) in [4.78, 5) is 5.19. The van der Waals surface area contributed by atoms with Gasteiger partial charge in [-0.1, -0.05) is 53.7 Å². The van der Waals surface area contributed by atoms with Crippen molar-refractivity contribution in [3.63, 3.8) is 0 Å². The monoisotopic (exact) mass is 282 g/mol. The lowest BCUT2D eigenvalue weighted by atomic mass is 10.2. The Hall–Kier alpha value is -2.75. The maximum atomic E-state index is 5.89. The fourth-order valence-corrected chi connectivity index (χ4v) is 1.80. The van der Waals surface area contributed by atoms with Gasteiger partial charge in [-0.3, -0.25) is 0 Å². The lowest BCUT2D eigenvalue weighted by Crippen LogP contribution is -2.15. The van der Waals surface area contributed by atoms with Crippen LogP contribution < -0.4 is 10.5 Å². The summed E-state index contributed by atoms with van der Waals surface area (Å²) in [5.74, 6) is 0.961. The van der Waals surface area contributed by atoms with Crippen LogP contribution in [-0.2, 0) is 4.84 Å². The molecule has 0 amide bonds. The van der Waals surface area contributed by atoms with Gasteiger partial charge >= 0.3 is 0 Å². The number of para-hydroxylation sites is 1. The van der Waals surface area contributed by atoms with E-state index in [1.807, 2.05) is 66.7 Å². The summed E-state index contributed by atoms with van der Waals surface area (Å²) >= 11 is 0. The first-order chi connectivity index (χ1) is 10.3. The Morgan fingerprint density at radius 3 is 2.57 bits per heavy atom. The Kier molecular flexibility index (Phi) is 5.41. The zero-order valence-electron chi connectivity index (χ0n) is 11.9. The second kappa shape index (κ2) is 7.75. The lowest BCUT2D eigenvalue weighted by molar-refractivity contribution is 0.175. The summed E-state index contributed by atoms with van der Waals surface area (Å²) in [6.45, 7) is 0.352. The predicted octanol–water partition coefficient (Wildman–Crippen LogP) is 3.05. The zero-order chi connectivity index (χ0) is 14.9. The van der Waals surface area contributed by atoms with Gasteiger partial charge in [0.05, 0.1) is 12.7 Å². The number of hydrogen-bond donors (Lipinski definition) is 1. The van der Waals surface area contributed by atoms with Crippen molar-refractivity contribution in [2.45, 2.75) is 0 Å². The second-order valence-corrected chi connectivity index (χ2v) is 4.29. The molecule has 0 atom stereocenters. The van der Waals surface area contributed by atoms with E-state index in [4.69, 9.17) is 15.3 Å². The van der Waals surface area contributed by atoms with Crippen LogP contribution in [0.4, 0.5) is 0 Å². The molecule has 0 saturated heterocycles. The molecular weight excluding hydrogens is 264 g/mol. The van der Waals surface area contributed by atoms with Crippen LogP contribution in [0.3, 0.4) is 0 Å². The van der Waals surface area contributed by atoms with Gasteiger partial charge in [-0.25, -0.2) is 0 Å². The molecule has 0 bridgehead atoms. The lowest BCUT2D eigenvalue weighted by Gasteiger charge is -2.06. The first kappa shape index (κ1) is 14.7. The van der Waals surface area contributed by atoms with E-state index in [9.17, 15) is 0 Å². The van der Waals surface area contributed by atoms with Crippen molar-refractivity contribution in [2.75, 3.05) is 13.7 Å². The van der Waals surface area contributed by atoms with E-state index < -0.39 is 0 Å². The molecule has 0 aliphatic carbocycles. The third kappa shape index (κ3) is 4.38. The molecule has 2 aromatic carbocycles. The van der Waals surface area contributed by atoms with Gasteiger partial charge in [0, 0.05) is 0 Å². The summed E-state index contributed by atoms with van der Waals surface area (Å²) in [6, 6.07) is 17.4. The van der Waals surface area contributed by atoms with Gasteiger partial charge in [-0.05, 0) is 23.8 Å². The molecule has 108 valence electrons. The van der Waals surface area contributed by atoms with E-state index >= 15 is 0 Å². The van der Waals surface area contributed by atoms with E-state index in [-0.39, 0.29) is 0 Å². The van der Waals surface area contributed by atoms with Crippen molar-refractivity contribution in [3.05, 3.63) is 71.8 Å². The standard InChI is InChI=1S/C17H18N2O2/c1-20-16-12-6-5-11-15(16)17(18)19-21-13-7-10-14-8-3-2-4-9-14/h2-12H,13H2,1H3,(H2,18,19)/b10-7+. The maximum Gasteiger partial charge on any atom is 0.174 e. The number of amidine groups is 1. The fourth-order valence-electron chi connectivity index (χ4n) is 1.80. The quantitative estimate of drug-likeness (QED) is 0.383. The summed E-state index contributed by atoms with van der Waals surface area (Å²) < 4.78 is 5.22. The highest BCUT2D eigenvalue weighted by molar-refractivity contribution is 5.99. The number of nitrogens with two attached hydrogens (primary N) is 1. The Morgan fingerprint density at radius 1 is 1.10 bits per heavy atom. The smallest absolute Gasteiger partial charge is 0.174 e. The zero-order valence-corrected chi connectivity index (χ0v) is 11.9. The topological polar surface area (TPSA) is 56.8 Å². The van der Waals surface area contributed by atoms with Crippen LogP contribution in [0, 0.1) is 0 Å². The average molecular weight is 282 g/mol. The van der Waals surface area contributed by atoms with E-state index in [1.54, 1.807) is 7.11 Å². The van der Waals surface area contributed by atoms with Crippen molar-refractivity contribution < 1.29 is 9.57 Å². The molecule has 0 fully saturated rings.